The number of likely N-dealkylation sites (tertiary alicyclic amines) is 1. The van der Waals surface area contributed by atoms with Crippen molar-refractivity contribution in [2.45, 2.75) is 38.6 Å². The number of hydrogen-bond acceptors (Lipinski definition) is 3. The number of nitrogens with one attached hydrogen (secondary N) is 1. The second kappa shape index (κ2) is 6.22. The van der Waals surface area contributed by atoms with Crippen LogP contribution in [0.5, 0.6) is 0 Å². The molecule has 1 amide bonds. The predicted octanol–water partition coefficient (Wildman–Crippen LogP) is 3.25. The first-order valence-electron chi connectivity index (χ1n) is 6.36. The van der Waals surface area contributed by atoms with Crippen molar-refractivity contribution in [1.29, 1.82) is 0 Å². The summed E-state index contributed by atoms with van der Waals surface area (Å²) in [6.07, 6.45) is 5.36. The lowest BCUT2D eigenvalue weighted by Gasteiger charge is -2.22. The highest BCUT2D eigenvalue weighted by Crippen LogP contribution is 2.31. The second-order valence-electron chi connectivity index (χ2n) is 4.44. The van der Waals surface area contributed by atoms with Gasteiger partial charge in [0.25, 0.3) is 0 Å². The van der Waals surface area contributed by atoms with Crippen molar-refractivity contribution in [3.8, 4) is 0 Å². The van der Waals surface area contributed by atoms with Crippen LogP contribution in [0.1, 0.15) is 44.5 Å². The normalized spacial score (nSPS) is 19.2. The molecule has 6 heteroatoms. The van der Waals surface area contributed by atoms with E-state index < -0.39 is 0 Å². The van der Waals surface area contributed by atoms with Gasteiger partial charge in [0.1, 0.15) is 10.4 Å². The fraction of sp³-hybridized carbons (Fsp3) is 0.667. The van der Waals surface area contributed by atoms with Crippen LogP contribution in [0.2, 0.25) is 0 Å². The molecule has 18 heavy (non-hydrogen) atoms. The van der Waals surface area contributed by atoms with E-state index in [9.17, 15) is 4.79 Å². The molecule has 5 nitrogen and oxygen atoms in total. The Bertz CT molecular complexity index is 408. The minimum atomic E-state index is -0.224. The van der Waals surface area contributed by atoms with E-state index in [-0.39, 0.29) is 12.1 Å². The summed E-state index contributed by atoms with van der Waals surface area (Å²) in [7, 11) is 0. The number of carbonyl (C=O) groups is 1. The number of ether oxygens (including phenoxy) is 1. The molecular formula is C12H18BrN3O2. The number of rotatable bonds is 4. The van der Waals surface area contributed by atoms with Gasteiger partial charge in [-0.1, -0.05) is 13.3 Å². The van der Waals surface area contributed by atoms with Crippen molar-refractivity contribution in [3.05, 3.63) is 16.6 Å². The Kier molecular flexibility index (Phi) is 4.63. The summed E-state index contributed by atoms with van der Waals surface area (Å²) in [5.74, 6) is 0.826. The molecule has 0 unspecified atom stereocenters. The molecule has 1 N–H and O–H groups in total. The highest BCUT2D eigenvalue weighted by Gasteiger charge is 2.32. The van der Waals surface area contributed by atoms with Crippen molar-refractivity contribution >= 4 is 22.0 Å². The van der Waals surface area contributed by atoms with Gasteiger partial charge in [-0.2, -0.15) is 0 Å². The molecule has 2 rings (SSSR count). The SMILES string of the molecule is CCCCOC(=O)N1CCC[C@H]1c1ncc(Br)[nH]1. The molecule has 1 fully saturated rings. The van der Waals surface area contributed by atoms with Crippen LogP contribution in [0, 0.1) is 0 Å². The molecule has 0 saturated carbocycles. The van der Waals surface area contributed by atoms with Crippen molar-refractivity contribution in [1.82, 2.24) is 14.9 Å². The van der Waals surface area contributed by atoms with E-state index in [1.54, 1.807) is 11.1 Å². The van der Waals surface area contributed by atoms with Crippen LogP contribution in [0.3, 0.4) is 0 Å². The monoisotopic (exact) mass is 315 g/mol. The van der Waals surface area contributed by atoms with Crippen LogP contribution in [0.15, 0.2) is 10.8 Å². The first-order valence-corrected chi connectivity index (χ1v) is 7.15. The van der Waals surface area contributed by atoms with E-state index in [4.69, 9.17) is 4.74 Å². The van der Waals surface area contributed by atoms with Crippen LogP contribution in [0.25, 0.3) is 0 Å². The van der Waals surface area contributed by atoms with Gasteiger partial charge in [0, 0.05) is 6.54 Å². The number of amides is 1. The van der Waals surface area contributed by atoms with Crippen LogP contribution in [-0.4, -0.2) is 34.1 Å². The Labute approximate surface area is 115 Å². The average Bonchev–Trinajstić information content (AvgIpc) is 2.97. The summed E-state index contributed by atoms with van der Waals surface area (Å²) in [4.78, 5) is 21.1. The summed E-state index contributed by atoms with van der Waals surface area (Å²) in [6.45, 7) is 3.32. The lowest BCUT2D eigenvalue weighted by Crippen LogP contribution is -2.31. The fourth-order valence-electron chi connectivity index (χ4n) is 2.14. The number of H-pyrrole nitrogens is 1. The van der Waals surface area contributed by atoms with Crippen LogP contribution < -0.4 is 0 Å². The third-order valence-electron chi connectivity index (χ3n) is 3.09. The van der Waals surface area contributed by atoms with E-state index in [2.05, 4.69) is 32.8 Å². The third-order valence-corrected chi connectivity index (χ3v) is 3.49. The Balaban J connectivity index is 1.97. The van der Waals surface area contributed by atoms with Gasteiger partial charge in [-0.15, -0.1) is 0 Å². The molecule has 0 aliphatic carbocycles. The summed E-state index contributed by atoms with van der Waals surface area (Å²) in [5, 5.41) is 0. The Morgan fingerprint density at radius 3 is 3.22 bits per heavy atom. The van der Waals surface area contributed by atoms with Gasteiger partial charge in [-0.25, -0.2) is 9.78 Å². The molecule has 1 aliphatic heterocycles. The summed E-state index contributed by atoms with van der Waals surface area (Å²) in [6, 6.07) is 0.0189. The summed E-state index contributed by atoms with van der Waals surface area (Å²) in [5.41, 5.74) is 0. The number of carbonyl (C=O) groups excluding carboxylic acids is 1. The average molecular weight is 316 g/mol. The first-order chi connectivity index (χ1) is 8.72. The number of nitrogens with zero attached hydrogens (tertiary/aromatic N) is 2. The molecule has 1 aliphatic rings. The van der Waals surface area contributed by atoms with Gasteiger partial charge in [-0.3, -0.25) is 4.90 Å². The molecular weight excluding hydrogens is 298 g/mol. The highest BCUT2D eigenvalue weighted by molar-refractivity contribution is 9.10. The molecule has 1 aromatic rings. The number of halogens is 1. The zero-order chi connectivity index (χ0) is 13.0. The molecule has 0 spiro atoms. The maximum atomic E-state index is 12.0. The number of hydrogen-bond donors (Lipinski definition) is 1. The topological polar surface area (TPSA) is 58.2 Å². The number of aromatic nitrogens is 2. The number of imidazole rings is 1. The maximum Gasteiger partial charge on any atom is 0.410 e. The molecule has 1 atom stereocenters. The fourth-order valence-corrected chi connectivity index (χ4v) is 2.44. The molecule has 0 bridgehead atoms. The highest BCUT2D eigenvalue weighted by atomic mass is 79.9. The number of aromatic amines is 1. The lowest BCUT2D eigenvalue weighted by molar-refractivity contribution is 0.0957. The van der Waals surface area contributed by atoms with Gasteiger partial charge in [0.2, 0.25) is 0 Å². The lowest BCUT2D eigenvalue weighted by atomic mass is 10.2. The van der Waals surface area contributed by atoms with Crippen LogP contribution >= 0.6 is 15.9 Å². The molecule has 2 heterocycles. The second-order valence-corrected chi connectivity index (χ2v) is 5.29. The first kappa shape index (κ1) is 13.4. The van der Waals surface area contributed by atoms with Crippen molar-refractivity contribution < 1.29 is 9.53 Å². The molecule has 0 aromatic carbocycles. The number of unbranched alkanes of at least 4 members (excludes halogenated alkanes) is 1. The van der Waals surface area contributed by atoms with E-state index >= 15 is 0 Å². The van der Waals surface area contributed by atoms with Gasteiger partial charge in [0.05, 0.1) is 18.8 Å². The van der Waals surface area contributed by atoms with Gasteiger partial charge in [0.15, 0.2) is 0 Å². The van der Waals surface area contributed by atoms with Gasteiger partial charge < -0.3 is 9.72 Å². The van der Waals surface area contributed by atoms with E-state index in [1.165, 1.54) is 0 Å². The molecule has 0 radical (unpaired) electrons. The minimum absolute atomic E-state index is 0.0189. The van der Waals surface area contributed by atoms with Gasteiger partial charge in [-0.05, 0) is 35.2 Å². The van der Waals surface area contributed by atoms with Crippen LogP contribution in [-0.2, 0) is 4.74 Å². The quantitative estimate of drug-likeness (QED) is 0.868. The Morgan fingerprint density at radius 2 is 2.56 bits per heavy atom. The molecule has 1 aromatic heterocycles. The van der Waals surface area contributed by atoms with Crippen molar-refractivity contribution in [2.75, 3.05) is 13.2 Å². The summed E-state index contributed by atoms with van der Waals surface area (Å²) < 4.78 is 6.10. The zero-order valence-corrected chi connectivity index (χ0v) is 12.1. The van der Waals surface area contributed by atoms with Crippen molar-refractivity contribution in [2.24, 2.45) is 0 Å². The smallest absolute Gasteiger partial charge is 0.410 e. The van der Waals surface area contributed by atoms with Gasteiger partial charge >= 0.3 is 6.09 Å². The summed E-state index contributed by atoms with van der Waals surface area (Å²) >= 11 is 3.33. The minimum Gasteiger partial charge on any atom is -0.449 e. The van der Waals surface area contributed by atoms with Crippen LogP contribution in [0.4, 0.5) is 4.79 Å². The van der Waals surface area contributed by atoms with E-state index in [1.807, 2.05) is 0 Å². The largest absolute Gasteiger partial charge is 0.449 e. The Hall–Kier alpha value is -1.04. The van der Waals surface area contributed by atoms with E-state index in [0.29, 0.717) is 6.61 Å². The zero-order valence-electron chi connectivity index (χ0n) is 10.5. The maximum absolute atomic E-state index is 12.0. The third kappa shape index (κ3) is 3.04. The standard InChI is InChI=1S/C12H18BrN3O2/c1-2-3-7-18-12(17)16-6-4-5-9(16)11-14-8-10(13)15-11/h8-9H,2-7H2,1H3,(H,14,15)/t9-/m0/s1. The Morgan fingerprint density at radius 1 is 1.72 bits per heavy atom. The molecule has 1 saturated heterocycles. The van der Waals surface area contributed by atoms with E-state index in [0.717, 1.165) is 42.7 Å². The predicted molar refractivity (Wildman–Crippen MR) is 71.2 cm³/mol. The molecule has 100 valence electrons. The van der Waals surface area contributed by atoms with Crippen molar-refractivity contribution in [3.63, 3.8) is 0 Å².